The normalized spacial score (nSPS) is 19.2. The molecule has 0 N–H and O–H groups in total. The topological polar surface area (TPSA) is 43.4 Å². The predicted molar refractivity (Wildman–Crippen MR) is 75.4 cm³/mol. The molecule has 3 rings (SSSR count). The van der Waals surface area contributed by atoms with Gasteiger partial charge in [0.05, 0.1) is 25.2 Å². The van der Waals surface area contributed by atoms with Gasteiger partial charge in [-0.1, -0.05) is 0 Å². The van der Waals surface area contributed by atoms with Crippen molar-refractivity contribution in [2.45, 2.75) is 25.9 Å². The van der Waals surface area contributed by atoms with E-state index in [1.807, 2.05) is 19.3 Å². The molecule has 0 spiro atoms. The fourth-order valence-electron chi connectivity index (χ4n) is 3.05. The van der Waals surface area contributed by atoms with Crippen molar-refractivity contribution in [2.75, 3.05) is 20.3 Å². The molecule has 2 aromatic rings. The highest BCUT2D eigenvalue weighted by Gasteiger charge is 2.29. The quantitative estimate of drug-likeness (QED) is 0.856. The first-order valence-electron chi connectivity index (χ1n) is 6.94. The Balaban J connectivity index is 1.79. The second-order valence-corrected chi connectivity index (χ2v) is 5.52. The van der Waals surface area contributed by atoms with E-state index in [0.717, 1.165) is 43.5 Å². The van der Waals surface area contributed by atoms with Crippen LogP contribution in [0.5, 0.6) is 0 Å². The highest BCUT2D eigenvalue weighted by Crippen LogP contribution is 2.28. The standard InChI is InChI=1S/C15H21N3O2/c1-11-4-5-13(20-11)7-18-6-12(9-19-3)15-14(8-18)16-10-17(15)2/h4-5,10,12H,6-9H2,1-3H3/t12-/m0/s1. The fourth-order valence-corrected chi connectivity index (χ4v) is 3.05. The van der Waals surface area contributed by atoms with Crippen molar-refractivity contribution >= 4 is 0 Å². The Kier molecular flexibility index (Phi) is 3.63. The maximum absolute atomic E-state index is 5.68. The van der Waals surface area contributed by atoms with Crippen molar-refractivity contribution in [2.24, 2.45) is 7.05 Å². The lowest BCUT2D eigenvalue weighted by Gasteiger charge is -2.32. The maximum Gasteiger partial charge on any atom is 0.118 e. The van der Waals surface area contributed by atoms with E-state index in [1.165, 1.54) is 5.69 Å². The molecule has 3 heterocycles. The second kappa shape index (κ2) is 5.42. The molecule has 0 saturated heterocycles. The van der Waals surface area contributed by atoms with Crippen LogP contribution in [-0.4, -0.2) is 34.7 Å². The summed E-state index contributed by atoms with van der Waals surface area (Å²) < 4.78 is 13.2. The van der Waals surface area contributed by atoms with Gasteiger partial charge in [-0.3, -0.25) is 4.90 Å². The largest absolute Gasteiger partial charge is 0.465 e. The molecule has 5 heteroatoms. The van der Waals surface area contributed by atoms with Gasteiger partial charge in [-0.25, -0.2) is 4.98 Å². The van der Waals surface area contributed by atoms with E-state index in [2.05, 4.69) is 27.6 Å². The smallest absolute Gasteiger partial charge is 0.118 e. The van der Waals surface area contributed by atoms with Gasteiger partial charge in [0.15, 0.2) is 0 Å². The average molecular weight is 275 g/mol. The highest BCUT2D eigenvalue weighted by atomic mass is 16.5. The van der Waals surface area contributed by atoms with Crippen LogP contribution in [0.25, 0.3) is 0 Å². The first kappa shape index (κ1) is 13.4. The number of hydrogen-bond donors (Lipinski definition) is 0. The number of ether oxygens (including phenoxy) is 1. The summed E-state index contributed by atoms with van der Waals surface area (Å²) in [6, 6.07) is 4.06. The number of aromatic nitrogens is 2. The molecule has 108 valence electrons. The zero-order valence-corrected chi connectivity index (χ0v) is 12.3. The van der Waals surface area contributed by atoms with E-state index < -0.39 is 0 Å². The van der Waals surface area contributed by atoms with E-state index in [9.17, 15) is 0 Å². The first-order chi connectivity index (χ1) is 9.67. The van der Waals surface area contributed by atoms with Crippen LogP contribution in [0.2, 0.25) is 0 Å². The SMILES string of the molecule is COC[C@@H]1CN(Cc2ccc(C)o2)Cc2ncn(C)c21. The van der Waals surface area contributed by atoms with Crippen LogP contribution in [0, 0.1) is 6.92 Å². The molecule has 0 aliphatic carbocycles. The lowest BCUT2D eigenvalue weighted by atomic mass is 9.99. The van der Waals surface area contributed by atoms with E-state index in [4.69, 9.17) is 9.15 Å². The van der Waals surface area contributed by atoms with Gasteiger partial charge in [-0.05, 0) is 19.1 Å². The molecule has 2 aromatic heterocycles. The third kappa shape index (κ3) is 2.51. The molecule has 0 unspecified atom stereocenters. The van der Waals surface area contributed by atoms with Crippen LogP contribution in [0.3, 0.4) is 0 Å². The molecular weight excluding hydrogens is 254 g/mol. The number of methoxy groups -OCH3 is 1. The molecule has 1 aliphatic rings. The van der Waals surface area contributed by atoms with Crippen molar-refractivity contribution in [3.05, 3.63) is 41.4 Å². The van der Waals surface area contributed by atoms with Crippen molar-refractivity contribution < 1.29 is 9.15 Å². The van der Waals surface area contributed by atoms with Gasteiger partial charge in [0.2, 0.25) is 0 Å². The maximum atomic E-state index is 5.68. The van der Waals surface area contributed by atoms with Gasteiger partial charge >= 0.3 is 0 Å². The lowest BCUT2D eigenvalue weighted by Crippen LogP contribution is -2.35. The zero-order chi connectivity index (χ0) is 14.1. The van der Waals surface area contributed by atoms with Gasteiger partial charge in [0.25, 0.3) is 0 Å². The second-order valence-electron chi connectivity index (χ2n) is 5.52. The molecule has 0 fully saturated rings. The molecule has 0 aromatic carbocycles. The monoisotopic (exact) mass is 275 g/mol. The molecule has 0 amide bonds. The highest BCUT2D eigenvalue weighted by molar-refractivity contribution is 5.22. The van der Waals surface area contributed by atoms with Gasteiger partial charge in [-0.2, -0.15) is 0 Å². The molecule has 0 bridgehead atoms. The molecule has 1 aliphatic heterocycles. The first-order valence-corrected chi connectivity index (χ1v) is 6.94. The minimum Gasteiger partial charge on any atom is -0.465 e. The van der Waals surface area contributed by atoms with Crippen molar-refractivity contribution in [1.82, 2.24) is 14.5 Å². The summed E-state index contributed by atoms with van der Waals surface area (Å²) in [4.78, 5) is 6.89. The van der Waals surface area contributed by atoms with E-state index in [-0.39, 0.29) is 0 Å². The summed E-state index contributed by atoms with van der Waals surface area (Å²) in [7, 11) is 3.81. The van der Waals surface area contributed by atoms with Gasteiger partial charge in [-0.15, -0.1) is 0 Å². The predicted octanol–water partition coefficient (Wildman–Crippen LogP) is 2.07. The Morgan fingerprint density at radius 3 is 3.00 bits per heavy atom. The van der Waals surface area contributed by atoms with Crippen LogP contribution in [-0.2, 0) is 24.9 Å². The molecular formula is C15H21N3O2. The third-order valence-electron chi connectivity index (χ3n) is 3.84. The number of imidazole rings is 1. The molecule has 1 atom stereocenters. The summed E-state index contributed by atoms with van der Waals surface area (Å²) in [5.74, 6) is 2.34. The van der Waals surface area contributed by atoms with Crippen LogP contribution in [0.4, 0.5) is 0 Å². The third-order valence-corrected chi connectivity index (χ3v) is 3.84. The molecule has 0 radical (unpaired) electrons. The summed E-state index contributed by atoms with van der Waals surface area (Å²) in [5.41, 5.74) is 2.46. The van der Waals surface area contributed by atoms with Crippen molar-refractivity contribution in [3.63, 3.8) is 0 Å². The van der Waals surface area contributed by atoms with Crippen molar-refractivity contribution in [1.29, 1.82) is 0 Å². The molecule has 0 saturated carbocycles. The van der Waals surface area contributed by atoms with E-state index in [0.29, 0.717) is 5.92 Å². The minimum atomic E-state index is 0.368. The average Bonchev–Trinajstić information content (AvgIpc) is 2.97. The van der Waals surface area contributed by atoms with Crippen molar-refractivity contribution in [3.8, 4) is 0 Å². The molecule has 5 nitrogen and oxygen atoms in total. The Bertz CT molecular complexity index is 588. The number of rotatable bonds is 4. The number of nitrogens with zero attached hydrogens (tertiary/aromatic N) is 3. The van der Waals surface area contributed by atoms with Gasteiger partial charge < -0.3 is 13.7 Å². The van der Waals surface area contributed by atoms with Gasteiger partial charge in [0.1, 0.15) is 11.5 Å². The summed E-state index contributed by atoms with van der Waals surface area (Å²) in [5, 5.41) is 0. The van der Waals surface area contributed by atoms with Crippen LogP contribution >= 0.6 is 0 Å². The Hall–Kier alpha value is -1.59. The summed E-state index contributed by atoms with van der Waals surface area (Å²) in [6.45, 7) is 5.37. The zero-order valence-electron chi connectivity index (χ0n) is 12.3. The minimum absolute atomic E-state index is 0.368. The van der Waals surface area contributed by atoms with E-state index in [1.54, 1.807) is 7.11 Å². The van der Waals surface area contributed by atoms with Crippen LogP contribution in [0.15, 0.2) is 22.9 Å². The molecule has 20 heavy (non-hydrogen) atoms. The Morgan fingerprint density at radius 1 is 1.45 bits per heavy atom. The Morgan fingerprint density at radius 2 is 2.30 bits per heavy atom. The fraction of sp³-hybridized carbons (Fsp3) is 0.533. The summed E-state index contributed by atoms with van der Waals surface area (Å²) >= 11 is 0. The number of furan rings is 1. The van der Waals surface area contributed by atoms with Gasteiger partial charge in [0, 0.05) is 38.9 Å². The number of aryl methyl sites for hydroxylation is 2. The summed E-state index contributed by atoms with van der Waals surface area (Å²) in [6.07, 6.45) is 1.90. The van der Waals surface area contributed by atoms with Crippen LogP contribution in [0.1, 0.15) is 28.8 Å². The number of hydrogen-bond acceptors (Lipinski definition) is 4. The van der Waals surface area contributed by atoms with E-state index >= 15 is 0 Å². The van der Waals surface area contributed by atoms with Crippen LogP contribution < -0.4 is 0 Å². The Labute approximate surface area is 119 Å². The number of fused-ring (bicyclic) bond motifs is 1. The lowest BCUT2D eigenvalue weighted by molar-refractivity contribution is 0.128.